The van der Waals surface area contributed by atoms with Gasteiger partial charge in [-0.15, -0.1) is 11.3 Å². The maximum atomic E-state index is 12.5. The summed E-state index contributed by atoms with van der Waals surface area (Å²) in [5.41, 5.74) is 1.49. The molecule has 0 bridgehead atoms. The van der Waals surface area contributed by atoms with E-state index in [1.165, 1.54) is 47.9 Å². The van der Waals surface area contributed by atoms with Crippen molar-refractivity contribution in [1.82, 2.24) is 19.8 Å². The molecule has 0 spiro atoms. The van der Waals surface area contributed by atoms with Crippen LogP contribution < -0.4 is 4.74 Å². The highest BCUT2D eigenvalue weighted by Gasteiger charge is 2.32. The van der Waals surface area contributed by atoms with Crippen molar-refractivity contribution in [3.8, 4) is 5.88 Å². The summed E-state index contributed by atoms with van der Waals surface area (Å²) in [6.07, 6.45) is 14.6. The third kappa shape index (κ3) is 4.90. The number of hydrogen-bond donors (Lipinski definition) is 0. The fourth-order valence-electron chi connectivity index (χ4n) is 6.04. The number of amides is 1. The number of rotatable bonds is 8. The number of likely N-dealkylation sites (N-methyl/N-ethyl adjacent to an activating group) is 1. The molecule has 0 radical (unpaired) electrons. The van der Waals surface area contributed by atoms with E-state index in [1.54, 1.807) is 6.33 Å². The summed E-state index contributed by atoms with van der Waals surface area (Å²) in [6, 6.07) is 0.464. The van der Waals surface area contributed by atoms with Gasteiger partial charge in [0.2, 0.25) is 11.8 Å². The fraction of sp³-hybridized carbons (Fsp3) is 0.731. The lowest BCUT2D eigenvalue weighted by Crippen LogP contribution is -2.44. The molecule has 0 N–H and O–H groups in total. The number of carbonyl (C=O) groups excluding carboxylic acids is 1. The molecule has 2 aromatic heterocycles. The van der Waals surface area contributed by atoms with Crippen molar-refractivity contribution >= 4 is 27.5 Å². The lowest BCUT2D eigenvalue weighted by Gasteiger charge is -2.35. The monoisotopic (exact) mass is 470 g/mol. The van der Waals surface area contributed by atoms with E-state index in [0.29, 0.717) is 24.4 Å². The SMILES string of the molecule is CCCC[C@H]1CCc2sc3ncnc(O[C@H]4CC[C@H](N(C)CC(=O)N5CCCC5)CC4)c3c21. The molecule has 1 aliphatic heterocycles. The minimum absolute atomic E-state index is 0.202. The van der Waals surface area contributed by atoms with Gasteiger partial charge in [0.25, 0.3) is 0 Å². The summed E-state index contributed by atoms with van der Waals surface area (Å²) in [5, 5.41) is 1.20. The Balaban J connectivity index is 1.21. The average Bonchev–Trinajstić information content (AvgIpc) is 3.56. The highest BCUT2D eigenvalue weighted by atomic mass is 32.1. The first kappa shape index (κ1) is 23.0. The average molecular weight is 471 g/mol. The maximum absolute atomic E-state index is 12.5. The van der Waals surface area contributed by atoms with E-state index in [9.17, 15) is 4.79 Å². The Kier molecular flexibility index (Phi) is 7.16. The highest BCUT2D eigenvalue weighted by molar-refractivity contribution is 7.19. The second-order valence-corrected chi connectivity index (χ2v) is 11.3. The molecule has 3 heterocycles. The zero-order valence-corrected chi connectivity index (χ0v) is 21.0. The predicted octanol–water partition coefficient (Wildman–Crippen LogP) is 5.16. The number of likely N-dealkylation sites (tertiary alicyclic amines) is 1. The minimum Gasteiger partial charge on any atom is -0.474 e. The molecular weight excluding hydrogens is 432 g/mol. The molecule has 1 saturated carbocycles. The van der Waals surface area contributed by atoms with E-state index in [0.717, 1.165) is 62.3 Å². The van der Waals surface area contributed by atoms with E-state index < -0.39 is 0 Å². The summed E-state index contributed by atoms with van der Waals surface area (Å²) in [7, 11) is 2.11. The largest absolute Gasteiger partial charge is 0.474 e. The highest BCUT2D eigenvalue weighted by Crippen LogP contribution is 2.47. The molecule has 33 heavy (non-hydrogen) atoms. The Morgan fingerprint density at radius 1 is 1.18 bits per heavy atom. The Hall–Kier alpha value is -1.73. The van der Waals surface area contributed by atoms with Gasteiger partial charge >= 0.3 is 0 Å². The summed E-state index contributed by atoms with van der Waals surface area (Å²) in [5.74, 6) is 1.74. The Morgan fingerprint density at radius 2 is 1.97 bits per heavy atom. The molecule has 0 aromatic carbocycles. The zero-order valence-electron chi connectivity index (χ0n) is 20.2. The summed E-state index contributed by atoms with van der Waals surface area (Å²) < 4.78 is 6.56. The first-order valence-electron chi connectivity index (χ1n) is 13.0. The molecule has 1 atom stereocenters. The molecule has 1 amide bonds. The van der Waals surface area contributed by atoms with E-state index in [-0.39, 0.29) is 6.10 Å². The van der Waals surface area contributed by atoms with Gasteiger partial charge in [-0.3, -0.25) is 9.69 Å². The number of thiophene rings is 1. The molecule has 5 rings (SSSR count). The van der Waals surface area contributed by atoms with Crippen molar-refractivity contribution in [3.05, 3.63) is 16.8 Å². The van der Waals surface area contributed by atoms with Crippen molar-refractivity contribution < 1.29 is 9.53 Å². The van der Waals surface area contributed by atoms with E-state index in [2.05, 4.69) is 28.8 Å². The lowest BCUT2D eigenvalue weighted by atomic mass is 9.92. The van der Waals surface area contributed by atoms with Gasteiger partial charge in [-0.05, 0) is 76.3 Å². The second kappa shape index (κ2) is 10.3. The summed E-state index contributed by atoms with van der Waals surface area (Å²) in [4.78, 5) is 28.6. The number of aryl methyl sites for hydroxylation is 1. The molecule has 2 fully saturated rings. The summed E-state index contributed by atoms with van der Waals surface area (Å²) >= 11 is 1.85. The standard InChI is InChI=1S/C26H38N4O2S/c1-3-4-7-18-8-13-21-23(18)24-25(27-17-28-26(24)33-21)32-20-11-9-19(10-12-20)29(2)16-22(31)30-14-5-6-15-30/h17-20H,3-16H2,1-2H3/t18-,19-,20-/m0/s1. The van der Waals surface area contributed by atoms with Crippen LogP contribution in [0.3, 0.4) is 0 Å². The number of aromatic nitrogens is 2. The van der Waals surface area contributed by atoms with Crippen LogP contribution in [-0.4, -0.2) is 64.5 Å². The zero-order chi connectivity index (χ0) is 22.8. The quantitative estimate of drug-likeness (QED) is 0.534. The number of carbonyl (C=O) groups is 1. The van der Waals surface area contributed by atoms with Crippen molar-refractivity contribution in [2.45, 2.75) is 95.6 Å². The number of nitrogens with zero attached hydrogens (tertiary/aromatic N) is 4. The van der Waals surface area contributed by atoms with Crippen molar-refractivity contribution in [2.24, 2.45) is 0 Å². The van der Waals surface area contributed by atoms with E-state index >= 15 is 0 Å². The van der Waals surface area contributed by atoms with Crippen LogP contribution in [0.1, 0.15) is 87.5 Å². The van der Waals surface area contributed by atoms with Crippen LogP contribution in [0, 0.1) is 0 Å². The molecular formula is C26H38N4O2S. The van der Waals surface area contributed by atoms with Crippen LogP contribution in [0.2, 0.25) is 0 Å². The van der Waals surface area contributed by atoms with E-state index in [1.807, 2.05) is 16.2 Å². The topological polar surface area (TPSA) is 58.6 Å². The Morgan fingerprint density at radius 3 is 2.73 bits per heavy atom. The molecule has 2 aromatic rings. The molecule has 3 aliphatic rings. The van der Waals surface area contributed by atoms with Gasteiger partial charge in [-0.2, -0.15) is 0 Å². The fourth-order valence-corrected chi connectivity index (χ4v) is 7.27. The molecule has 180 valence electrons. The van der Waals surface area contributed by atoms with E-state index in [4.69, 9.17) is 4.74 Å². The number of ether oxygens (including phenoxy) is 1. The number of hydrogen-bond acceptors (Lipinski definition) is 6. The van der Waals surface area contributed by atoms with Gasteiger partial charge in [0.15, 0.2) is 0 Å². The van der Waals surface area contributed by atoms with Gasteiger partial charge < -0.3 is 9.64 Å². The van der Waals surface area contributed by atoms with Crippen molar-refractivity contribution in [1.29, 1.82) is 0 Å². The van der Waals surface area contributed by atoms with Crippen LogP contribution in [-0.2, 0) is 11.2 Å². The van der Waals surface area contributed by atoms with Crippen LogP contribution in [0.4, 0.5) is 0 Å². The lowest BCUT2D eigenvalue weighted by molar-refractivity contribution is -0.131. The molecule has 1 saturated heterocycles. The molecule has 6 nitrogen and oxygen atoms in total. The second-order valence-electron chi connectivity index (χ2n) is 10.2. The molecule has 7 heteroatoms. The third-order valence-electron chi connectivity index (χ3n) is 7.99. The van der Waals surface area contributed by atoms with Crippen LogP contribution in [0.15, 0.2) is 6.33 Å². The van der Waals surface area contributed by atoms with Crippen molar-refractivity contribution in [2.75, 3.05) is 26.7 Å². The smallest absolute Gasteiger partial charge is 0.236 e. The van der Waals surface area contributed by atoms with Gasteiger partial charge in [0.05, 0.1) is 11.9 Å². The third-order valence-corrected chi connectivity index (χ3v) is 9.16. The number of fused-ring (bicyclic) bond motifs is 3. The Bertz CT molecular complexity index is 963. The molecule has 0 unspecified atom stereocenters. The minimum atomic E-state index is 0.202. The normalized spacial score (nSPS) is 25.2. The van der Waals surface area contributed by atoms with Crippen LogP contribution >= 0.6 is 11.3 Å². The van der Waals surface area contributed by atoms with Gasteiger partial charge in [0.1, 0.15) is 17.3 Å². The van der Waals surface area contributed by atoms with Gasteiger partial charge in [-0.25, -0.2) is 9.97 Å². The Labute approximate surface area is 201 Å². The predicted molar refractivity (Wildman–Crippen MR) is 133 cm³/mol. The number of unbranched alkanes of at least 4 members (excludes halogenated alkanes) is 1. The van der Waals surface area contributed by atoms with Crippen LogP contribution in [0.5, 0.6) is 5.88 Å². The van der Waals surface area contributed by atoms with Crippen LogP contribution in [0.25, 0.3) is 10.2 Å². The summed E-state index contributed by atoms with van der Waals surface area (Å²) in [6.45, 7) is 4.69. The maximum Gasteiger partial charge on any atom is 0.236 e. The van der Waals surface area contributed by atoms with Gasteiger partial charge in [0, 0.05) is 24.0 Å². The first-order chi connectivity index (χ1) is 16.1. The molecule has 2 aliphatic carbocycles. The first-order valence-corrected chi connectivity index (χ1v) is 13.9. The van der Waals surface area contributed by atoms with Crippen molar-refractivity contribution in [3.63, 3.8) is 0 Å². The van der Waals surface area contributed by atoms with Gasteiger partial charge in [-0.1, -0.05) is 19.8 Å².